The molecule has 0 aliphatic heterocycles. The van der Waals surface area contributed by atoms with Gasteiger partial charge in [0.2, 0.25) is 0 Å². The smallest absolute Gasteiger partial charge is 0.349 e. The van der Waals surface area contributed by atoms with Crippen molar-refractivity contribution in [1.29, 1.82) is 0 Å². The quantitative estimate of drug-likeness (QED) is 0.807. The highest BCUT2D eigenvalue weighted by Crippen LogP contribution is 2.21. The monoisotopic (exact) mass is 332 g/mol. The Balaban J connectivity index is 2.16. The molecule has 0 aromatic carbocycles. The highest BCUT2D eigenvalue weighted by Gasteiger charge is 2.39. The van der Waals surface area contributed by atoms with Gasteiger partial charge in [-0.25, -0.2) is 0 Å². The van der Waals surface area contributed by atoms with Crippen molar-refractivity contribution in [2.45, 2.75) is 12.7 Å². The van der Waals surface area contributed by atoms with E-state index in [2.05, 4.69) is 20.9 Å². The number of ketones is 1. The number of alkyl halides is 3. The molecule has 0 unspecified atom stereocenters. The minimum atomic E-state index is -4.84. The molecule has 7 heteroatoms. The van der Waals surface area contributed by atoms with Crippen molar-refractivity contribution in [2.24, 2.45) is 0 Å². The molecule has 0 amide bonds. The first-order valence-electron chi connectivity index (χ1n) is 5.23. The predicted octanol–water partition coefficient (Wildman–Crippen LogP) is 3.44. The molecule has 2 aromatic heterocycles. The lowest BCUT2D eigenvalue weighted by atomic mass is 10.2. The Kier molecular flexibility index (Phi) is 3.75. The largest absolute Gasteiger partial charge is 0.454 e. The SMILES string of the molecule is O=C(c1ccn(Cc2cncc(Br)c2)c1)C(F)(F)F. The van der Waals surface area contributed by atoms with E-state index in [-0.39, 0.29) is 5.56 Å². The van der Waals surface area contributed by atoms with Gasteiger partial charge in [-0.15, -0.1) is 0 Å². The molecule has 0 aliphatic rings. The van der Waals surface area contributed by atoms with Crippen molar-refractivity contribution in [2.75, 3.05) is 0 Å². The highest BCUT2D eigenvalue weighted by molar-refractivity contribution is 9.10. The second-order valence-corrected chi connectivity index (χ2v) is 4.83. The molecular formula is C12H8BrF3N2O. The van der Waals surface area contributed by atoms with Gasteiger partial charge in [-0.1, -0.05) is 0 Å². The van der Waals surface area contributed by atoms with E-state index in [0.717, 1.165) is 16.1 Å². The number of carbonyl (C=O) groups is 1. The molecule has 0 spiro atoms. The van der Waals surface area contributed by atoms with E-state index in [1.165, 1.54) is 17.0 Å². The zero-order chi connectivity index (χ0) is 14.0. The molecule has 0 saturated heterocycles. The van der Waals surface area contributed by atoms with Gasteiger partial charge in [-0.2, -0.15) is 13.2 Å². The van der Waals surface area contributed by atoms with Crippen LogP contribution in [0.5, 0.6) is 0 Å². The van der Waals surface area contributed by atoms with Crippen molar-refractivity contribution >= 4 is 21.7 Å². The molecule has 0 radical (unpaired) electrons. The average molecular weight is 333 g/mol. The Hall–Kier alpha value is -1.63. The molecule has 0 bridgehead atoms. The van der Waals surface area contributed by atoms with Crippen molar-refractivity contribution in [3.05, 3.63) is 52.5 Å². The number of halogens is 4. The van der Waals surface area contributed by atoms with Gasteiger partial charge in [0, 0.05) is 41.4 Å². The van der Waals surface area contributed by atoms with E-state index in [1.807, 2.05) is 0 Å². The van der Waals surface area contributed by atoms with Gasteiger partial charge in [0.05, 0.1) is 0 Å². The number of pyridine rings is 1. The summed E-state index contributed by atoms with van der Waals surface area (Å²) < 4.78 is 39.0. The molecule has 2 aromatic rings. The van der Waals surface area contributed by atoms with Crippen LogP contribution < -0.4 is 0 Å². The van der Waals surface area contributed by atoms with Crippen LogP contribution in [0.25, 0.3) is 0 Å². The summed E-state index contributed by atoms with van der Waals surface area (Å²) in [7, 11) is 0. The van der Waals surface area contributed by atoms with Crippen LogP contribution in [0.15, 0.2) is 41.4 Å². The first-order valence-corrected chi connectivity index (χ1v) is 6.02. The number of aromatic nitrogens is 2. The molecule has 0 saturated carbocycles. The van der Waals surface area contributed by atoms with Crippen molar-refractivity contribution in [3.63, 3.8) is 0 Å². The minimum absolute atomic E-state index is 0.345. The topological polar surface area (TPSA) is 34.9 Å². The van der Waals surface area contributed by atoms with Crippen molar-refractivity contribution in [1.82, 2.24) is 9.55 Å². The van der Waals surface area contributed by atoms with Gasteiger partial charge in [-0.05, 0) is 33.6 Å². The van der Waals surface area contributed by atoms with E-state index >= 15 is 0 Å². The zero-order valence-corrected chi connectivity index (χ0v) is 11.1. The summed E-state index contributed by atoms with van der Waals surface area (Å²) in [5.74, 6) is -1.83. The van der Waals surface area contributed by atoms with Crippen LogP contribution in [0.4, 0.5) is 13.2 Å². The number of Topliss-reactive ketones (excluding diaryl/α,β-unsaturated/α-hetero) is 1. The lowest BCUT2D eigenvalue weighted by Gasteiger charge is -2.04. The van der Waals surface area contributed by atoms with Crippen LogP contribution >= 0.6 is 15.9 Å². The third-order valence-corrected chi connectivity index (χ3v) is 2.83. The molecule has 2 heterocycles. The van der Waals surface area contributed by atoms with Crippen LogP contribution in [0.3, 0.4) is 0 Å². The average Bonchev–Trinajstić information content (AvgIpc) is 2.75. The summed E-state index contributed by atoms with van der Waals surface area (Å²) in [6, 6.07) is 2.96. The highest BCUT2D eigenvalue weighted by atomic mass is 79.9. The normalized spacial score (nSPS) is 11.6. The number of hydrogen-bond donors (Lipinski definition) is 0. The van der Waals surface area contributed by atoms with Gasteiger partial charge < -0.3 is 4.57 Å². The van der Waals surface area contributed by atoms with Crippen LogP contribution in [-0.2, 0) is 6.54 Å². The van der Waals surface area contributed by atoms with Crippen LogP contribution in [-0.4, -0.2) is 21.5 Å². The van der Waals surface area contributed by atoms with Crippen molar-refractivity contribution < 1.29 is 18.0 Å². The van der Waals surface area contributed by atoms with E-state index in [4.69, 9.17) is 0 Å². The minimum Gasteiger partial charge on any atom is -0.349 e. The molecule has 0 fully saturated rings. The molecular weight excluding hydrogens is 325 g/mol. The third-order valence-electron chi connectivity index (χ3n) is 2.40. The van der Waals surface area contributed by atoms with E-state index in [0.29, 0.717) is 6.54 Å². The summed E-state index contributed by atoms with van der Waals surface area (Å²) in [6.07, 6.45) is 0.980. The lowest BCUT2D eigenvalue weighted by molar-refractivity contribution is -0.0885. The molecule has 0 N–H and O–H groups in total. The zero-order valence-electron chi connectivity index (χ0n) is 9.49. The van der Waals surface area contributed by atoms with E-state index in [9.17, 15) is 18.0 Å². The van der Waals surface area contributed by atoms with Gasteiger partial charge in [0.25, 0.3) is 5.78 Å². The Morgan fingerprint density at radius 1 is 1.37 bits per heavy atom. The first-order chi connectivity index (χ1) is 8.86. The van der Waals surface area contributed by atoms with Gasteiger partial charge >= 0.3 is 6.18 Å². The second-order valence-electron chi connectivity index (χ2n) is 3.91. The van der Waals surface area contributed by atoms with Gasteiger partial charge in [-0.3, -0.25) is 9.78 Å². The van der Waals surface area contributed by atoms with Crippen LogP contribution in [0, 0.1) is 0 Å². The fourth-order valence-electron chi connectivity index (χ4n) is 1.59. The Morgan fingerprint density at radius 3 is 2.74 bits per heavy atom. The standard InChI is InChI=1S/C12H8BrF3N2O/c13-10-3-8(4-17-5-10)6-18-2-1-9(7-18)11(19)12(14,15)16/h1-5,7H,6H2. The fraction of sp³-hybridized carbons (Fsp3) is 0.167. The van der Waals surface area contributed by atoms with Gasteiger partial charge in [0.1, 0.15) is 0 Å². The molecule has 19 heavy (non-hydrogen) atoms. The third kappa shape index (κ3) is 3.44. The number of nitrogens with zero attached hydrogens (tertiary/aromatic N) is 2. The van der Waals surface area contributed by atoms with Crippen LogP contribution in [0.2, 0.25) is 0 Å². The molecule has 0 aliphatic carbocycles. The molecule has 3 nitrogen and oxygen atoms in total. The molecule has 2 rings (SSSR count). The second kappa shape index (κ2) is 5.16. The molecule has 100 valence electrons. The summed E-state index contributed by atoms with van der Waals surface area (Å²) in [5.41, 5.74) is 0.450. The summed E-state index contributed by atoms with van der Waals surface area (Å²) in [5, 5.41) is 0. The number of carbonyl (C=O) groups excluding carboxylic acids is 1. The van der Waals surface area contributed by atoms with E-state index < -0.39 is 12.0 Å². The predicted molar refractivity (Wildman–Crippen MR) is 65.9 cm³/mol. The summed E-state index contributed by atoms with van der Waals surface area (Å²) in [6.45, 7) is 0.345. The Morgan fingerprint density at radius 2 is 2.11 bits per heavy atom. The first kappa shape index (κ1) is 13.8. The Labute approximate surface area is 115 Å². The maximum absolute atomic E-state index is 12.2. The van der Waals surface area contributed by atoms with Crippen molar-refractivity contribution in [3.8, 4) is 0 Å². The maximum atomic E-state index is 12.2. The number of rotatable bonds is 3. The van der Waals surface area contributed by atoms with Gasteiger partial charge in [0.15, 0.2) is 0 Å². The molecule has 0 atom stereocenters. The summed E-state index contributed by atoms with van der Waals surface area (Å²) >= 11 is 3.26. The summed E-state index contributed by atoms with van der Waals surface area (Å²) in [4.78, 5) is 15.0. The fourth-order valence-corrected chi connectivity index (χ4v) is 2.00. The number of hydrogen-bond acceptors (Lipinski definition) is 2. The van der Waals surface area contributed by atoms with Crippen LogP contribution in [0.1, 0.15) is 15.9 Å². The maximum Gasteiger partial charge on any atom is 0.454 e. The van der Waals surface area contributed by atoms with E-state index in [1.54, 1.807) is 18.5 Å². The Bertz CT molecular complexity index is 607. The lowest BCUT2D eigenvalue weighted by Crippen LogP contribution is -2.22.